The van der Waals surface area contributed by atoms with E-state index in [1.165, 1.54) is 15.6 Å². The third-order valence-corrected chi connectivity index (χ3v) is 7.47. The van der Waals surface area contributed by atoms with Crippen molar-refractivity contribution < 1.29 is 13.2 Å². The molecule has 2 heterocycles. The lowest BCUT2D eigenvalue weighted by Gasteiger charge is -2.31. The van der Waals surface area contributed by atoms with E-state index >= 15 is 0 Å². The van der Waals surface area contributed by atoms with Gasteiger partial charge in [-0.15, -0.1) is 11.3 Å². The Morgan fingerprint density at radius 1 is 1.21 bits per heavy atom. The van der Waals surface area contributed by atoms with Gasteiger partial charge in [0.25, 0.3) is 15.9 Å². The highest BCUT2D eigenvalue weighted by molar-refractivity contribution is 7.91. The van der Waals surface area contributed by atoms with Crippen molar-refractivity contribution in [2.45, 2.75) is 23.1 Å². The van der Waals surface area contributed by atoms with E-state index in [1.807, 2.05) is 0 Å². The molecular formula is C16H17ClN2O3S2. The van der Waals surface area contributed by atoms with Gasteiger partial charge in [-0.3, -0.25) is 4.79 Å². The number of hydrogen-bond donors (Lipinski definition) is 1. The first-order valence-electron chi connectivity index (χ1n) is 7.57. The van der Waals surface area contributed by atoms with Crippen LogP contribution in [0.1, 0.15) is 23.2 Å². The fourth-order valence-corrected chi connectivity index (χ4v) is 5.48. The molecule has 1 saturated heterocycles. The van der Waals surface area contributed by atoms with E-state index in [2.05, 4.69) is 5.32 Å². The first-order chi connectivity index (χ1) is 11.5. The van der Waals surface area contributed by atoms with E-state index in [9.17, 15) is 13.2 Å². The monoisotopic (exact) mass is 384 g/mol. The number of carbonyl (C=O) groups excluding carboxylic acids is 1. The summed E-state index contributed by atoms with van der Waals surface area (Å²) in [5.41, 5.74) is 0.510. The highest BCUT2D eigenvalue weighted by atomic mass is 35.5. The first-order valence-corrected chi connectivity index (χ1v) is 10.3. The quantitative estimate of drug-likeness (QED) is 0.881. The molecule has 1 aliphatic heterocycles. The number of hydrogen-bond acceptors (Lipinski definition) is 4. The molecule has 128 valence electrons. The van der Waals surface area contributed by atoms with Gasteiger partial charge in [0.2, 0.25) is 0 Å². The average Bonchev–Trinajstić information content (AvgIpc) is 3.10. The van der Waals surface area contributed by atoms with Crippen molar-refractivity contribution in [2.75, 3.05) is 13.1 Å². The molecule has 1 amide bonds. The van der Waals surface area contributed by atoms with Gasteiger partial charge in [-0.25, -0.2) is 8.42 Å². The molecule has 1 aliphatic rings. The molecule has 0 unspecified atom stereocenters. The van der Waals surface area contributed by atoms with E-state index in [1.54, 1.807) is 41.8 Å². The summed E-state index contributed by atoms with van der Waals surface area (Å²) < 4.78 is 26.8. The summed E-state index contributed by atoms with van der Waals surface area (Å²) in [5.74, 6) is -0.183. The lowest BCUT2D eigenvalue weighted by atomic mass is 10.1. The summed E-state index contributed by atoms with van der Waals surface area (Å²) in [6.45, 7) is 0.807. The Hall–Kier alpha value is -1.41. The van der Waals surface area contributed by atoms with Crippen molar-refractivity contribution in [1.82, 2.24) is 9.62 Å². The highest BCUT2D eigenvalue weighted by Gasteiger charge is 2.30. The lowest BCUT2D eigenvalue weighted by Crippen LogP contribution is -2.46. The average molecular weight is 385 g/mol. The molecule has 2 aromatic rings. The fraction of sp³-hybridized carbons (Fsp3) is 0.312. The Kier molecular flexibility index (Phi) is 5.24. The molecule has 0 atom stereocenters. The first kappa shape index (κ1) is 17.4. The van der Waals surface area contributed by atoms with Crippen molar-refractivity contribution in [2.24, 2.45) is 0 Å². The molecule has 5 nitrogen and oxygen atoms in total. The molecule has 0 saturated carbocycles. The summed E-state index contributed by atoms with van der Waals surface area (Å²) in [4.78, 5) is 12.2. The van der Waals surface area contributed by atoms with Crippen LogP contribution in [0.25, 0.3) is 0 Å². The number of thiophene rings is 1. The molecule has 0 bridgehead atoms. The smallest absolute Gasteiger partial charge is 0.252 e. The molecule has 1 N–H and O–H groups in total. The molecule has 1 aromatic heterocycles. The van der Waals surface area contributed by atoms with Gasteiger partial charge in [0.1, 0.15) is 4.21 Å². The Labute approximate surface area is 150 Å². The SMILES string of the molecule is O=C(NC1CCN(S(=O)(=O)c2cccs2)CC1)c1cccc(Cl)c1. The van der Waals surface area contributed by atoms with Crippen molar-refractivity contribution in [3.63, 3.8) is 0 Å². The number of halogens is 1. The highest BCUT2D eigenvalue weighted by Crippen LogP contribution is 2.24. The minimum atomic E-state index is -3.41. The van der Waals surface area contributed by atoms with Crippen molar-refractivity contribution >= 4 is 38.9 Å². The van der Waals surface area contributed by atoms with Gasteiger partial charge in [-0.1, -0.05) is 23.7 Å². The van der Waals surface area contributed by atoms with Gasteiger partial charge >= 0.3 is 0 Å². The third kappa shape index (κ3) is 3.80. The van der Waals surface area contributed by atoms with Crippen LogP contribution in [0.2, 0.25) is 5.02 Å². The second kappa shape index (κ2) is 7.23. The number of piperidine rings is 1. The predicted molar refractivity (Wildman–Crippen MR) is 95.0 cm³/mol. The summed E-state index contributed by atoms with van der Waals surface area (Å²) in [7, 11) is -3.41. The molecule has 0 radical (unpaired) electrons. The number of amides is 1. The molecule has 0 spiro atoms. The Bertz CT molecular complexity index is 814. The van der Waals surface area contributed by atoms with Crippen molar-refractivity contribution in [3.8, 4) is 0 Å². The molecule has 24 heavy (non-hydrogen) atoms. The number of sulfonamides is 1. The number of nitrogens with one attached hydrogen (secondary N) is 1. The molecule has 1 fully saturated rings. The van der Waals surface area contributed by atoms with Gasteiger partial charge < -0.3 is 5.32 Å². The molecule has 8 heteroatoms. The summed E-state index contributed by atoms with van der Waals surface area (Å²) in [6.07, 6.45) is 1.19. The van der Waals surface area contributed by atoms with Crippen LogP contribution in [-0.2, 0) is 10.0 Å². The second-order valence-corrected chi connectivity index (χ2v) is 9.14. The fourth-order valence-electron chi connectivity index (χ4n) is 2.68. The van der Waals surface area contributed by atoms with E-state index < -0.39 is 10.0 Å². The maximum absolute atomic E-state index is 12.5. The number of nitrogens with zero attached hydrogens (tertiary/aromatic N) is 1. The van der Waals surface area contributed by atoms with Gasteiger partial charge in [0, 0.05) is 29.7 Å². The summed E-state index contributed by atoms with van der Waals surface area (Å²) in [5, 5.41) is 5.22. The van der Waals surface area contributed by atoms with Gasteiger partial charge in [-0.05, 0) is 42.5 Å². The summed E-state index contributed by atoms with van der Waals surface area (Å²) >= 11 is 7.12. The zero-order chi connectivity index (χ0) is 17.2. The van der Waals surface area contributed by atoms with Crippen LogP contribution in [0.4, 0.5) is 0 Å². The Morgan fingerprint density at radius 2 is 1.96 bits per heavy atom. The van der Waals surface area contributed by atoms with Crippen LogP contribution < -0.4 is 5.32 Å². The van der Waals surface area contributed by atoms with E-state index in [-0.39, 0.29) is 11.9 Å². The Morgan fingerprint density at radius 3 is 2.58 bits per heavy atom. The van der Waals surface area contributed by atoms with E-state index in [0.717, 1.165) is 0 Å². The summed E-state index contributed by atoms with van der Waals surface area (Å²) in [6, 6.07) is 10.1. The molecule has 3 rings (SSSR count). The zero-order valence-corrected chi connectivity index (χ0v) is 15.2. The minimum absolute atomic E-state index is 0.0359. The molecule has 0 aliphatic carbocycles. The Balaban J connectivity index is 1.59. The third-order valence-electron chi connectivity index (χ3n) is 3.97. The maximum Gasteiger partial charge on any atom is 0.252 e. The van der Waals surface area contributed by atoms with Crippen LogP contribution in [-0.4, -0.2) is 37.8 Å². The zero-order valence-electron chi connectivity index (χ0n) is 12.8. The normalized spacial score (nSPS) is 16.9. The maximum atomic E-state index is 12.5. The number of benzene rings is 1. The van der Waals surface area contributed by atoms with Crippen molar-refractivity contribution in [3.05, 3.63) is 52.4 Å². The minimum Gasteiger partial charge on any atom is -0.349 e. The number of carbonyl (C=O) groups is 1. The molecule has 1 aromatic carbocycles. The van der Waals surface area contributed by atoms with Gasteiger partial charge in [-0.2, -0.15) is 4.31 Å². The number of rotatable bonds is 4. The van der Waals surface area contributed by atoms with Crippen LogP contribution in [0.3, 0.4) is 0 Å². The lowest BCUT2D eigenvalue weighted by molar-refractivity contribution is 0.0924. The van der Waals surface area contributed by atoms with Gasteiger partial charge in [0.05, 0.1) is 0 Å². The standard InChI is InChI=1S/C16H17ClN2O3S2/c17-13-4-1-3-12(11-13)16(20)18-14-6-8-19(9-7-14)24(21,22)15-5-2-10-23-15/h1-5,10-11,14H,6-9H2,(H,18,20). The van der Waals surface area contributed by atoms with E-state index in [0.29, 0.717) is 40.7 Å². The second-order valence-electron chi connectivity index (χ2n) is 5.59. The van der Waals surface area contributed by atoms with Crippen LogP contribution >= 0.6 is 22.9 Å². The molecular weight excluding hydrogens is 368 g/mol. The largest absolute Gasteiger partial charge is 0.349 e. The van der Waals surface area contributed by atoms with Gasteiger partial charge in [0.15, 0.2) is 0 Å². The van der Waals surface area contributed by atoms with Crippen LogP contribution in [0, 0.1) is 0 Å². The topological polar surface area (TPSA) is 66.5 Å². The van der Waals surface area contributed by atoms with Crippen LogP contribution in [0.5, 0.6) is 0 Å². The van der Waals surface area contributed by atoms with Crippen molar-refractivity contribution in [1.29, 1.82) is 0 Å². The predicted octanol–water partition coefficient (Wildman–Crippen LogP) is 2.98. The van der Waals surface area contributed by atoms with Crippen LogP contribution in [0.15, 0.2) is 46.0 Å². The van der Waals surface area contributed by atoms with E-state index in [4.69, 9.17) is 11.6 Å².